The van der Waals surface area contributed by atoms with E-state index in [4.69, 9.17) is 4.42 Å². The van der Waals surface area contributed by atoms with E-state index < -0.39 is 11.9 Å². The maximum absolute atomic E-state index is 12.6. The van der Waals surface area contributed by atoms with Crippen molar-refractivity contribution in [3.63, 3.8) is 0 Å². The first-order chi connectivity index (χ1) is 12.0. The molecule has 2 heterocycles. The smallest absolute Gasteiger partial charge is 0.287 e. The van der Waals surface area contributed by atoms with Crippen LogP contribution in [0.2, 0.25) is 0 Å². The maximum atomic E-state index is 12.6. The number of carbonyl (C=O) groups is 2. The van der Waals surface area contributed by atoms with Crippen LogP contribution in [-0.4, -0.2) is 27.8 Å². The van der Waals surface area contributed by atoms with Gasteiger partial charge in [-0.15, -0.1) is 0 Å². The lowest BCUT2D eigenvalue weighted by Crippen LogP contribution is -2.44. The minimum Gasteiger partial charge on any atom is -0.459 e. The minimum atomic E-state index is -0.689. The second-order valence-corrected chi connectivity index (χ2v) is 6.22. The second kappa shape index (κ2) is 7.21. The fraction of sp³-hybridized carbons (Fsp3) is 0.278. The zero-order valence-corrected chi connectivity index (χ0v) is 14.1. The number of carbonyl (C=O) groups excluding carboxylic acids is 2. The van der Waals surface area contributed by atoms with Gasteiger partial charge < -0.3 is 14.7 Å². The summed E-state index contributed by atoms with van der Waals surface area (Å²) in [5, 5.41) is 5.45. The van der Waals surface area contributed by atoms with Crippen molar-refractivity contribution < 1.29 is 14.0 Å². The van der Waals surface area contributed by atoms with E-state index in [2.05, 4.69) is 20.6 Å². The van der Waals surface area contributed by atoms with Crippen LogP contribution in [0.15, 0.2) is 47.1 Å². The highest BCUT2D eigenvalue weighted by Gasteiger charge is 2.24. The van der Waals surface area contributed by atoms with Crippen molar-refractivity contribution in [1.82, 2.24) is 15.3 Å². The summed E-state index contributed by atoms with van der Waals surface area (Å²) in [6, 6.07) is 9.98. The summed E-state index contributed by atoms with van der Waals surface area (Å²) >= 11 is 0. The van der Waals surface area contributed by atoms with Crippen molar-refractivity contribution >= 4 is 28.8 Å². The Kier molecular flexibility index (Phi) is 4.83. The highest BCUT2D eigenvalue weighted by molar-refractivity contribution is 6.00. The van der Waals surface area contributed by atoms with Crippen molar-refractivity contribution in [3.05, 3.63) is 48.4 Å². The standard InChI is InChI=1S/C18H20N4O3/c1-11(2)10-14(19-17(24)15-8-5-9-25-15)16(23)22-18-20-12-6-3-4-7-13(12)21-18/h3-9,11,14H,10H2,1-2H3,(H,19,24)(H2,20,21,22,23). The molecule has 2 aromatic heterocycles. The number of aromatic nitrogens is 2. The summed E-state index contributed by atoms with van der Waals surface area (Å²) in [6.07, 6.45) is 1.92. The molecule has 3 rings (SSSR count). The number of rotatable bonds is 6. The van der Waals surface area contributed by atoms with Crippen molar-refractivity contribution in [2.45, 2.75) is 26.3 Å². The SMILES string of the molecule is CC(C)CC(NC(=O)c1ccco1)C(=O)Nc1nc2ccccc2[nH]1. The molecule has 0 saturated carbocycles. The van der Waals surface area contributed by atoms with Crippen LogP contribution in [0.3, 0.4) is 0 Å². The summed E-state index contributed by atoms with van der Waals surface area (Å²) < 4.78 is 5.08. The fourth-order valence-electron chi connectivity index (χ4n) is 2.56. The molecule has 1 atom stereocenters. The Morgan fingerprint density at radius 1 is 1.20 bits per heavy atom. The van der Waals surface area contributed by atoms with Gasteiger partial charge in [-0.1, -0.05) is 26.0 Å². The fourth-order valence-corrected chi connectivity index (χ4v) is 2.56. The zero-order valence-electron chi connectivity index (χ0n) is 14.1. The first-order valence-electron chi connectivity index (χ1n) is 8.13. The number of H-pyrrole nitrogens is 1. The summed E-state index contributed by atoms with van der Waals surface area (Å²) in [6.45, 7) is 3.97. The number of anilines is 1. The lowest BCUT2D eigenvalue weighted by Gasteiger charge is -2.18. The molecule has 0 fully saturated rings. The molecular formula is C18H20N4O3. The second-order valence-electron chi connectivity index (χ2n) is 6.22. The largest absolute Gasteiger partial charge is 0.459 e. The molecular weight excluding hydrogens is 320 g/mol. The van der Waals surface area contributed by atoms with E-state index in [0.29, 0.717) is 12.4 Å². The molecule has 0 aliphatic rings. The van der Waals surface area contributed by atoms with Gasteiger partial charge in [-0.05, 0) is 36.6 Å². The van der Waals surface area contributed by atoms with E-state index in [9.17, 15) is 9.59 Å². The van der Waals surface area contributed by atoms with Crippen molar-refractivity contribution in [2.24, 2.45) is 5.92 Å². The minimum absolute atomic E-state index is 0.172. The maximum Gasteiger partial charge on any atom is 0.287 e. The van der Waals surface area contributed by atoms with E-state index in [1.165, 1.54) is 6.26 Å². The molecule has 1 unspecified atom stereocenters. The number of aromatic amines is 1. The van der Waals surface area contributed by atoms with Crippen LogP contribution in [0, 0.1) is 5.92 Å². The first-order valence-corrected chi connectivity index (χ1v) is 8.13. The van der Waals surface area contributed by atoms with E-state index in [1.54, 1.807) is 12.1 Å². The van der Waals surface area contributed by atoms with Crippen molar-refractivity contribution in [2.75, 3.05) is 5.32 Å². The molecule has 7 nitrogen and oxygen atoms in total. The van der Waals surface area contributed by atoms with Crippen LogP contribution in [0.5, 0.6) is 0 Å². The third-order valence-electron chi connectivity index (χ3n) is 3.70. The highest BCUT2D eigenvalue weighted by Crippen LogP contribution is 2.14. The lowest BCUT2D eigenvalue weighted by molar-refractivity contribution is -0.118. The number of nitrogens with zero attached hydrogens (tertiary/aromatic N) is 1. The molecule has 7 heteroatoms. The Morgan fingerprint density at radius 2 is 2.00 bits per heavy atom. The molecule has 0 bridgehead atoms. The van der Waals surface area contributed by atoms with Gasteiger partial charge in [0.05, 0.1) is 17.3 Å². The summed E-state index contributed by atoms with van der Waals surface area (Å²) in [7, 11) is 0. The molecule has 3 aromatic rings. The predicted molar refractivity (Wildman–Crippen MR) is 94.1 cm³/mol. The Morgan fingerprint density at radius 3 is 2.68 bits per heavy atom. The molecule has 0 aliphatic carbocycles. The zero-order chi connectivity index (χ0) is 17.8. The van der Waals surface area contributed by atoms with Crippen LogP contribution in [0.25, 0.3) is 11.0 Å². The van der Waals surface area contributed by atoms with E-state index in [1.807, 2.05) is 38.1 Å². The van der Waals surface area contributed by atoms with Gasteiger partial charge in [0.15, 0.2) is 5.76 Å². The predicted octanol–water partition coefficient (Wildman–Crippen LogP) is 2.94. The third kappa shape index (κ3) is 4.06. The van der Waals surface area contributed by atoms with Crippen LogP contribution in [0.4, 0.5) is 5.95 Å². The number of imidazole rings is 1. The van der Waals surface area contributed by atoms with Gasteiger partial charge in [-0.2, -0.15) is 0 Å². The lowest BCUT2D eigenvalue weighted by atomic mass is 10.0. The number of amides is 2. The van der Waals surface area contributed by atoms with Crippen LogP contribution >= 0.6 is 0 Å². The topological polar surface area (TPSA) is 100 Å². The third-order valence-corrected chi connectivity index (χ3v) is 3.70. The number of furan rings is 1. The highest BCUT2D eigenvalue weighted by atomic mass is 16.3. The van der Waals surface area contributed by atoms with Gasteiger partial charge in [0.2, 0.25) is 11.9 Å². The molecule has 25 heavy (non-hydrogen) atoms. The molecule has 1 aromatic carbocycles. The van der Waals surface area contributed by atoms with Gasteiger partial charge in [0, 0.05) is 0 Å². The number of hydrogen-bond donors (Lipinski definition) is 3. The van der Waals surface area contributed by atoms with E-state index in [0.717, 1.165) is 11.0 Å². The van der Waals surface area contributed by atoms with Gasteiger partial charge in [-0.25, -0.2) is 4.98 Å². The average molecular weight is 340 g/mol. The quantitative estimate of drug-likeness (QED) is 0.642. The first kappa shape index (κ1) is 16.8. The Balaban J connectivity index is 1.73. The molecule has 130 valence electrons. The van der Waals surface area contributed by atoms with Crippen LogP contribution < -0.4 is 10.6 Å². The van der Waals surface area contributed by atoms with Gasteiger partial charge in [-0.3, -0.25) is 14.9 Å². The number of nitrogens with one attached hydrogen (secondary N) is 3. The summed E-state index contributed by atoms with van der Waals surface area (Å²) in [5.74, 6) is 0.00360. The van der Waals surface area contributed by atoms with Gasteiger partial charge >= 0.3 is 0 Å². The monoisotopic (exact) mass is 340 g/mol. The van der Waals surface area contributed by atoms with Gasteiger partial charge in [0.1, 0.15) is 6.04 Å². The van der Waals surface area contributed by atoms with Crippen molar-refractivity contribution in [1.29, 1.82) is 0 Å². The van der Waals surface area contributed by atoms with Crippen molar-refractivity contribution in [3.8, 4) is 0 Å². The van der Waals surface area contributed by atoms with Crippen LogP contribution in [-0.2, 0) is 4.79 Å². The normalized spacial score (nSPS) is 12.3. The summed E-state index contributed by atoms with van der Waals surface area (Å²) in [4.78, 5) is 32.2. The van der Waals surface area contributed by atoms with E-state index >= 15 is 0 Å². The molecule has 2 amide bonds. The summed E-state index contributed by atoms with van der Waals surface area (Å²) in [5.41, 5.74) is 1.59. The molecule has 0 aliphatic heterocycles. The molecule has 0 radical (unpaired) electrons. The number of para-hydroxylation sites is 2. The number of benzene rings is 1. The number of hydrogen-bond acceptors (Lipinski definition) is 4. The molecule has 0 saturated heterocycles. The number of fused-ring (bicyclic) bond motifs is 1. The Labute approximate surface area is 144 Å². The van der Waals surface area contributed by atoms with E-state index in [-0.39, 0.29) is 17.6 Å². The average Bonchev–Trinajstić information content (AvgIpc) is 3.22. The molecule has 3 N–H and O–H groups in total. The van der Waals surface area contributed by atoms with Crippen LogP contribution in [0.1, 0.15) is 30.8 Å². The Bertz CT molecular complexity index is 834. The Hall–Kier alpha value is -3.09. The molecule has 0 spiro atoms. The van der Waals surface area contributed by atoms with Gasteiger partial charge in [0.25, 0.3) is 5.91 Å².